The van der Waals surface area contributed by atoms with E-state index in [1.807, 2.05) is 6.20 Å². The van der Waals surface area contributed by atoms with Crippen molar-refractivity contribution in [2.45, 2.75) is 53.4 Å². The molecule has 4 aromatic heterocycles. The van der Waals surface area contributed by atoms with Gasteiger partial charge in [-0.2, -0.15) is 5.10 Å². The zero-order chi connectivity index (χ0) is 19.8. The first-order valence-corrected chi connectivity index (χ1v) is 10.6. The first kappa shape index (κ1) is 18.7. The standard InChI is InChI=1S/C22H25N5S/c1-6-16(7-2)17-11-14(4)26-27-20(15(5)25-22(17)27)21-13(3)10-19(28-21)18-12-23-8-9-24-18/h8-12,16H,6-7H2,1-5H3. The molecule has 4 rings (SSSR count). The van der Waals surface area contributed by atoms with Crippen LogP contribution in [0.2, 0.25) is 0 Å². The fourth-order valence-electron chi connectivity index (χ4n) is 3.84. The lowest BCUT2D eigenvalue weighted by Gasteiger charge is -2.14. The summed E-state index contributed by atoms with van der Waals surface area (Å²) in [4.78, 5) is 15.9. The van der Waals surface area contributed by atoms with Crippen molar-refractivity contribution in [1.29, 1.82) is 0 Å². The molecule has 0 saturated heterocycles. The van der Waals surface area contributed by atoms with Crippen LogP contribution in [0.3, 0.4) is 0 Å². The summed E-state index contributed by atoms with van der Waals surface area (Å²) in [5, 5.41) is 4.84. The smallest absolute Gasteiger partial charge is 0.158 e. The van der Waals surface area contributed by atoms with Crippen molar-refractivity contribution < 1.29 is 0 Å². The van der Waals surface area contributed by atoms with Crippen LogP contribution in [0.5, 0.6) is 0 Å². The normalized spacial score (nSPS) is 11.6. The fourth-order valence-corrected chi connectivity index (χ4v) is 5.05. The van der Waals surface area contributed by atoms with E-state index >= 15 is 0 Å². The zero-order valence-corrected chi connectivity index (χ0v) is 17.8. The molecule has 0 unspecified atom stereocenters. The van der Waals surface area contributed by atoms with E-state index in [2.05, 4.69) is 61.2 Å². The molecule has 0 atom stereocenters. The van der Waals surface area contributed by atoms with Crippen molar-refractivity contribution in [2.75, 3.05) is 0 Å². The van der Waals surface area contributed by atoms with Crippen LogP contribution in [0.15, 0.2) is 30.7 Å². The summed E-state index contributed by atoms with van der Waals surface area (Å²) in [6.07, 6.45) is 7.45. The van der Waals surface area contributed by atoms with Gasteiger partial charge in [0.2, 0.25) is 0 Å². The Hall–Kier alpha value is -2.60. The molecular weight excluding hydrogens is 366 g/mol. The van der Waals surface area contributed by atoms with E-state index in [1.54, 1.807) is 23.7 Å². The van der Waals surface area contributed by atoms with E-state index < -0.39 is 0 Å². The van der Waals surface area contributed by atoms with Crippen LogP contribution in [-0.4, -0.2) is 24.6 Å². The van der Waals surface area contributed by atoms with E-state index in [4.69, 9.17) is 10.1 Å². The molecule has 4 aromatic rings. The Morgan fingerprint density at radius 3 is 2.54 bits per heavy atom. The summed E-state index contributed by atoms with van der Waals surface area (Å²) in [6, 6.07) is 4.38. The zero-order valence-electron chi connectivity index (χ0n) is 17.0. The Bertz CT molecular complexity index is 1120. The van der Waals surface area contributed by atoms with Gasteiger partial charge in [-0.3, -0.25) is 9.97 Å². The Labute approximate surface area is 169 Å². The first-order valence-electron chi connectivity index (χ1n) is 9.77. The van der Waals surface area contributed by atoms with Crippen molar-refractivity contribution in [1.82, 2.24) is 24.6 Å². The van der Waals surface area contributed by atoms with E-state index in [0.29, 0.717) is 5.92 Å². The molecule has 0 aliphatic rings. The molecule has 0 N–H and O–H groups in total. The van der Waals surface area contributed by atoms with Crippen LogP contribution in [0, 0.1) is 20.8 Å². The summed E-state index contributed by atoms with van der Waals surface area (Å²) in [5.74, 6) is 0.499. The van der Waals surface area contributed by atoms with Gasteiger partial charge in [0.05, 0.1) is 33.0 Å². The second-order valence-electron chi connectivity index (χ2n) is 7.25. The van der Waals surface area contributed by atoms with Crippen LogP contribution in [-0.2, 0) is 0 Å². The molecule has 0 fully saturated rings. The summed E-state index contributed by atoms with van der Waals surface area (Å²) in [6.45, 7) is 10.8. The molecule has 0 aliphatic carbocycles. The third-order valence-electron chi connectivity index (χ3n) is 5.28. The lowest BCUT2D eigenvalue weighted by Crippen LogP contribution is -2.05. The third-order valence-corrected chi connectivity index (χ3v) is 6.55. The third kappa shape index (κ3) is 3.11. The highest BCUT2D eigenvalue weighted by Crippen LogP contribution is 2.39. The Morgan fingerprint density at radius 1 is 1.07 bits per heavy atom. The Kier molecular flexibility index (Phi) is 4.98. The molecule has 6 heteroatoms. The maximum atomic E-state index is 4.95. The number of nitrogens with zero attached hydrogens (tertiary/aromatic N) is 5. The molecule has 0 amide bonds. The minimum atomic E-state index is 0.499. The van der Waals surface area contributed by atoms with E-state index in [0.717, 1.165) is 46.1 Å². The van der Waals surface area contributed by atoms with Gasteiger partial charge in [0, 0.05) is 18.0 Å². The minimum absolute atomic E-state index is 0.499. The molecule has 0 spiro atoms. The molecule has 5 nitrogen and oxygen atoms in total. The highest BCUT2D eigenvalue weighted by atomic mass is 32.1. The van der Waals surface area contributed by atoms with Crippen LogP contribution >= 0.6 is 11.3 Å². The van der Waals surface area contributed by atoms with Gasteiger partial charge in [-0.1, -0.05) is 13.8 Å². The molecular formula is C22H25N5S. The number of fused-ring (bicyclic) bond motifs is 1. The Balaban J connectivity index is 1.93. The molecule has 0 aromatic carbocycles. The molecule has 4 heterocycles. The van der Waals surface area contributed by atoms with Gasteiger partial charge in [0.1, 0.15) is 5.69 Å². The van der Waals surface area contributed by atoms with Crippen molar-refractivity contribution in [3.05, 3.63) is 53.2 Å². The average molecular weight is 392 g/mol. The molecule has 0 radical (unpaired) electrons. The van der Waals surface area contributed by atoms with E-state index in [-0.39, 0.29) is 0 Å². The lowest BCUT2D eigenvalue weighted by molar-refractivity contribution is 0.638. The monoisotopic (exact) mass is 391 g/mol. The van der Waals surface area contributed by atoms with Crippen LogP contribution < -0.4 is 0 Å². The van der Waals surface area contributed by atoms with E-state index in [1.165, 1.54) is 16.0 Å². The summed E-state index contributed by atoms with van der Waals surface area (Å²) >= 11 is 1.73. The molecule has 0 bridgehead atoms. The van der Waals surface area contributed by atoms with Crippen molar-refractivity contribution in [3.63, 3.8) is 0 Å². The highest BCUT2D eigenvalue weighted by molar-refractivity contribution is 7.19. The van der Waals surface area contributed by atoms with Crippen molar-refractivity contribution in [2.24, 2.45) is 0 Å². The van der Waals surface area contributed by atoms with Crippen LogP contribution in [0.1, 0.15) is 55.1 Å². The molecule has 0 saturated carbocycles. The Morgan fingerprint density at radius 2 is 1.86 bits per heavy atom. The predicted octanol–water partition coefficient (Wildman–Crippen LogP) is 5.74. The molecule has 28 heavy (non-hydrogen) atoms. The fraction of sp³-hybridized carbons (Fsp3) is 0.364. The topological polar surface area (TPSA) is 56.0 Å². The van der Waals surface area contributed by atoms with Crippen LogP contribution in [0.25, 0.3) is 26.8 Å². The largest absolute Gasteiger partial charge is 0.261 e. The predicted molar refractivity (Wildman–Crippen MR) is 115 cm³/mol. The van der Waals surface area contributed by atoms with Gasteiger partial charge < -0.3 is 0 Å². The highest BCUT2D eigenvalue weighted by Gasteiger charge is 2.22. The van der Waals surface area contributed by atoms with Gasteiger partial charge >= 0.3 is 0 Å². The van der Waals surface area contributed by atoms with Gasteiger partial charge in [-0.15, -0.1) is 11.3 Å². The summed E-state index contributed by atoms with van der Waals surface area (Å²) in [7, 11) is 0. The maximum Gasteiger partial charge on any atom is 0.158 e. The second-order valence-corrected chi connectivity index (χ2v) is 8.30. The number of thiophene rings is 1. The average Bonchev–Trinajstić information content (AvgIpc) is 3.22. The SMILES string of the molecule is CCC(CC)c1cc(C)nn2c(-c3sc(-c4cnccn4)cc3C)c(C)nc12. The number of rotatable bonds is 5. The van der Waals surface area contributed by atoms with Gasteiger partial charge in [0.25, 0.3) is 0 Å². The quantitative estimate of drug-likeness (QED) is 0.435. The summed E-state index contributed by atoms with van der Waals surface area (Å²) in [5.41, 5.74) is 7.52. The van der Waals surface area contributed by atoms with Gasteiger partial charge in [-0.25, -0.2) is 9.50 Å². The number of hydrogen-bond acceptors (Lipinski definition) is 5. The number of hydrogen-bond donors (Lipinski definition) is 0. The number of aromatic nitrogens is 5. The summed E-state index contributed by atoms with van der Waals surface area (Å²) < 4.78 is 2.05. The first-order chi connectivity index (χ1) is 13.5. The van der Waals surface area contributed by atoms with Gasteiger partial charge in [-0.05, 0) is 57.2 Å². The molecule has 0 aliphatic heterocycles. The minimum Gasteiger partial charge on any atom is -0.261 e. The number of imidazole rings is 1. The van der Waals surface area contributed by atoms with Crippen LogP contribution in [0.4, 0.5) is 0 Å². The second kappa shape index (κ2) is 7.43. The number of aryl methyl sites for hydroxylation is 3. The maximum absolute atomic E-state index is 4.95. The van der Waals surface area contributed by atoms with Gasteiger partial charge in [0.15, 0.2) is 5.65 Å². The van der Waals surface area contributed by atoms with Crippen molar-refractivity contribution in [3.8, 4) is 21.1 Å². The van der Waals surface area contributed by atoms with Crippen molar-refractivity contribution >= 4 is 17.0 Å². The molecule has 144 valence electrons. The van der Waals surface area contributed by atoms with E-state index in [9.17, 15) is 0 Å². The lowest BCUT2D eigenvalue weighted by atomic mass is 9.95.